The Morgan fingerprint density at radius 1 is 0.397 bits per heavy atom. The molecule has 0 N–H and O–H groups in total. The van der Waals surface area contributed by atoms with Gasteiger partial charge in [-0.15, -0.1) is 0 Å². The van der Waals surface area contributed by atoms with Crippen LogP contribution < -0.4 is 26.2 Å². The Morgan fingerprint density at radius 3 is 1.62 bits per heavy atom. The smallest absolute Gasteiger partial charge is 0.252 e. The molecular formula is C54H51BN2O. The Balaban J connectivity index is 1.17. The van der Waals surface area contributed by atoms with Gasteiger partial charge in [-0.3, -0.25) is 0 Å². The van der Waals surface area contributed by atoms with Gasteiger partial charge in [0, 0.05) is 44.9 Å². The maximum absolute atomic E-state index is 6.16. The summed E-state index contributed by atoms with van der Waals surface area (Å²) in [6.07, 6.45) is 0. The third kappa shape index (κ3) is 5.79. The fourth-order valence-electron chi connectivity index (χ4n) is 9.24. The van der Waals surface area contributed by atoms with Gasteiger partial charge in [0.15, 0.2) is 0 Å². The molecule has 0 spiro atoms. The molecule has 0 amide bonds. The second kappa shape index (κ2) is 12.8. The molecule has 7 aromatic carbocycles. The summed E-state index contributed by atoms with van der Waals surface area (Å²) >= 11 is 0. The molecule has 1 aromatic heterocycles. The van der Waals surface area contributed by atoms with Crippen LogP contribution in [0.15, 0.2) is 150 Å². The molecule has 0 unspecified atom stereocenters. The Labute approximate surface area is 344 Å². The first-order chi connectivity index (χ1) is 27.6. The van der Waals surface area contributed by atoms with Gasteiger partial charge < -0.3 is 14.2 Å². The van der Waals surface area contributed by atoms with Crippen LogP contribution in [-0.2, 0) is 16.2 Å². The van der Waals surface area contributed by atoms with Crippen LogP contribution in [0.25, 0.3) is 33.1 Å². The summed E-state index contributed by atoms with van der Waals surface area (Å²) < 4.78 is 6.16. The molecule has 3 nitrogen and oxygen atoms in total. The second-order valence-corrected chi connectivity index (χ2v) is 19.5. The molecule has 2 aliphatic heterocycles. The van der Waals surface area contributed by atoms with E-state index in [1.165, 1.54) is 72.6 Å². The van der Waals surface area contributed by atoms with E-state index < -0.39 is 0 Å². The van der Waals surface area contributed by atoms with Gasteiger partial charge in [0.05, 0.1) is 0 Å². The second-order valence-electron chi connectivity index (χ2n) is 19.5. The number of hydrogen-bond donors (Lipinski definition) is 0. The molecule has 0 atom stereocenters. The number of hydrogen-bond acceptors (Lipinski definition) is 3. The van der Waals surface area contributed by atoms with E-state index in [-0.39, 0.29) is 23.0 Å². The Morgan fingerprint density at radius 2 is 0.948 bits per heavy atom. The minimum Gasteiger partial charge on any atom is -0.456 e. The quantitative estimate of drug-likeness (QED) is 0.168. The van der Waals surface area contributed by atoms with Crippen molar-refractivity contribution in [1.29, 1.82) is 0 Å². The van der Waals surface area contributed by atoms with Crippen molar-refractivity contribution in [2.24, 2.45) is 0 Å². The fraction of sp³-hybridized carbons (Fsp3) is 0.222. The summed E-state index contributed by atoms with van der Waals surface area (Å²) in [5.74, 6) is 0. The van der Waals surface area contributed by atoms with E-state index in [2.05, 4.69) is 206 Å². The SMILES string of the molecule is CC(C)(C)c1ccc(N2c3cc(C(C)(C)C)ccc3B3c4cc(C(C)(C)C)ccc4N(c4ccc(-c5ccc6oc7ccccc7c6c5)cc4)c4cccc2c43)cc1. The summed E-state index contributed by atoms with van der Waals surface area (Å²) in [6.45, 7) is 20.9. The maximum atomic E-state index is 6.16. The summed E-state index contributed by atoms with van der Waals surface area (Å²) in [5, 5.41) is 2.29. The van der Waals surface area contributed by atoms with Gasteiger partial charge in [-0.2, -0.15) is 0 Å². The molecule has 8 aromatic rings. The van der Waals surface area contributed by atoms with Crippen molar-refractivity contribution < 1.29 is 4.42 Å². The predicted molar refractivity (Wildman–Crippen MR) is 249 cm³/mol. The molecule has 4 heteroatoms. The number of benzene rings is 7. The van der Waals surface area contributed by atoms with Gasteiger partial charge in [0.25, 0.3) is 6.71 Å². The predicted octanol–water partition coefficient (Wildman–Crippen LogP) is 13.2. The Kier molecular flexibility index (Phi) is 7.99. The van der Waals surface area contributed by atoms with Crippen molar-refractivity contribution >= 4 is 79.2 Å². The molecule has 3 heterocycles. The Bertz CT molecular complexity index is 2900. The average molecular weight is 755 g/mol. The van der Waals surface area contributed by atoms with Crippen LogP contribution in [-0.4, -0.2) is 6.71 Å². The highest BCUT2D eigenvalue weighted by molar-refractivity contribution is 7.00. The number of furan rings is 1. The molecule has 0 radical (unpaired) electrons. The summed E-state index contributed by atoms with van der Waals surface area (Å²) in [6, 6.07) is 54.6. The number of rotatable bonds is 3. The lowest BCUT2D eigenvalue weighted by atomic mass is 9.33. The summed E-state index contributed by atoms with van der Waals surface area (Å²) in [4.78, 5) is 5.03. The van der Waals surface area contributed by atoms with Crippen molar-refractivity contribution in [2.45, 2.75) is 78.6 Å². The number of nitrogens with zero attached hydrogens (tertiary/aromatic N) is 2. The lowest BCUT2D eigenvalue weighted by Crippen LogP contribution is -2.61. The van der Waals surface area contributed by atoms with Gasteiger partial charge in [-0.25, -0.2) is 0 Å². The largest absolute Gasteiger partial charge is 0.456 e. The molecular weight excluding hydrogens is 703 g/mol. The summed E-state index contributed by atoms with van der Waals surface area (Å²) in [7, 11) is 0. The van der Waals surface area contributed by atoms with Crippen LogP contribution in [0.2, 0.25) is 0 Å². The normalized spacial score (nSPS) is 13.8. The Hall–Kier alpha value is -6.00. The van der Waals surface area contributed by atoms with E-state index in [1.807, 2.05) is 12.1 Å². The fourth-order valence-corrected chi connectivity index (χ4v) is 9.24. The molecule has 286 valence electrons. The minimum atomic E-state index is -0.00283. The molecule has 58 heavy (non-hydrogen) atoms. The molecule has 0 aliphatic carbocycles. The first-order valence-electron chi connectivity index (χ1n) is 20.8. The van der Waals surface area contributed by atoms with Crippen LogP contribution in [0.1, 0.15) is 79.0 Å². The average Bonchev–Trinajstić information content (AvgIpc) is 3.57. The molecule has 0 fully saturated rings. The highest BCUT2D eigenvalue weighted by Crippen LogP contribution is 2.46. The third-order valence-electron chi connectivity index (χ3n) is 12.6. The van der Waals surface area contributed by atoms with E-state index in [9.17, 15) is 0 Å². The first-order valence-corrected chi connectivity index (χ1v) is 20.8. The van der Waals surface area contributed by atoms with Crippen LogP contribution in [0.4, 0.5) is 34.1 Å². The number of para-hydroxylation sites is 1. The van der Waals surface area contributed by atoms with Crippen LogP contribution in [0.3, 0.4) is 0 Å². The van der Waals surface area contributed by atoms with E-state index in [4.69, 9.17) is 4.42 Å². The molecule has 2 aliphatic rings. The zero-order valence-electron chi connectivity index (χ0n) is 35.2. The zero-order chi connectivity index (χ0) is 40.3. The zero-order valence-corrected chi connectivity index (χ0v) is 35.2. The van der Waals surface area contributed by atoms with Crippen LogP contribution >= 0.6 is 0 Å². The third-order valence-corrected chi connectivity index (χ3v) is 12.6. The van der Waals surface area contributed by atoms with Gasteiger partial charge in [0.1, 0.15) is 11.2 Å². The topological polar surface area (TPSA) is 19.6 Å². The van der Waals surface area contributed by atoms with E-state index >= 15 is 0 Å². The van der Waals surface area contributed by atoms with Gasteiger partial charge in [-0.05, 0) is 127 Å². The van der Waals surface area contributed by atoms with E-state index in [0.717, 1.165) is 27.6 Å². The van der Waals surface area contributed by atoms with Gasteiger partial charge in [-0.1, -0.05) is 141 Å². The monoisotopic (exact) mass is 754 g/mol. The highest BCUT2D eigenvalue weighted by atomic mass is 16.3. The number of anilines is 6. The highest BCUT2D eigenvalue weighted by Gasteiger charge is 2.44. The standard InChI is InChI=1S/C54H51BN2O/c1-52(2,3)36-20-26-40(27-21-36)57-47-15-12-14-46-51(47)55(43-28-22-38(33-48(43)57)54(7,8)9)44-32-37(53(4,5)6)23-29-45(44)56(46)39-24-17-34(18-25-39)35-19-30-50-42(31-35)41-13-10-11-16-49(41)58-50/h10-33H,1-9H3. The van der Waals surface area contributed by atoms with Crippen LogP contribution in [0.5, 0.6) is 0 Å². The van der Waals surface area contributed by atoms with Gasteiger partial charge in [0.2, 0.25) is 0 Å². The molecule has 10 rings (SSSR count). The van der Waals surface area contributed by atoms with Crippen LogP contribution in [0, 0.1) is 0 Å². The molecule has 0 bridgehead atoms. The maximum Gasteiger partial charge on any atom is 0.252 e. The number of fused-ring (bicyclic) bond motifs is 7. The van der Waals surface area contributed by atoms with Crippen molar-refractivity contribution in [2.75, 3.05) is 9.80 Å². The van der Waals surface area contributed by atoms with Gasteiger partial charge >= 0.3 is 0 Å². The van der Waals surface area contributed by atoms with E-state index in [0.29, 0.717) is 0 Å². The van der Waals surface area contributed by atoms with Crippen molar-refractivity contribution in [1.82, 2.24) is 0 Å². The lowest BCUT2D eigenvalue weighted by molar-refractivity contribution is 0.590. The first kappa shape index (κ1) is 36.4. The van der Waals surface area contributed by atoms with Crippen molar-refractivity contribution in [3.8, 4) is 11.1 Å². The van der Waals surface area contributed by atoms with Crippen molar-refractivity contribution in [3.63, 3.8) is 0 Å². The van der Waals surface area contributed by atoms with E-state index in [1.54, 1.807) is 0 Å². The molecule has 0 saturated carbocycles. The van der Waals surface area contributed by atoms with Crippen molar-refractivity contribution in [3.05, 3.63) is 162 Å². The molecule has 0 saturated heterocycles. The lowest BCUT2D eigenvalue weighted by Gasteiger charge is -2.45. The summed E-state index contributed by atoms with van der Waals surface area (Å²) in [5.41, 5.74) is 19.6. The minimum absolute atomic E-state index is 0.00283.